The van der Waals surface area contributed by atoms with E-state index in [-0.39, 0.29) is 18.6 Å². The van der Waals surface area contributed by atoms with Crippen molar-refractivity contribution in [3.8, 4) is 0 Å². The molecule has 22 heavy (non-hydrogen) atoms. The fraction of sp³-hybridized carbons (Fsp3) is 0.278. The maximum atomic E-state index is 12.5. The monoisotopic (exact) mass is 298 g/mol. The van der Waals surface area contributed by atoms with Crippen LogP contribution in [0.2, 0.25) is 0 Å². The van der Waals surface area contributed by atoms with E-state index >= 15 is 0 Å². The quantitative estimate of drug-likeness (QED) is 0.862. The summed E-state index contributed by atoms with van der Waals surface area (Å²) in [6.45, 7) is 1.88. The molecule has 4 heteroatoms. The molecule has 0 heterocycles. The van der Waals surface area contributed by atoms with E-state index in [0.717, 1.165) is 11.4 Å². The molecular formula is C18H22N2O2. The van der Waals surface area contributed by atoms with Crippen LogP contribution in [0.15, 0.2) is 54.6 Å². The lowest BCUT2D eigenvalue weighted by Gasteiger charge is -2.23. The molecule has 2 rings (SSSR count). The molecule has 0 aromatic heterocycles. The Morgan fingerprint density at radius 2 is 1.77 bits per heavy atom. The van der Waals surface area contributed by atoms with Crippen LogP contribution < -0.4 is 10.2 Å². The maximum Gasteiger partial charge on any atom is 0.253 e. The zero-order valence-electron chi connectivity index (χ0n) is 13.0. The van der Waals surface area contributed by atoms with Gasteiger partial charge in [0.2, 0.25) is 0 Å². The highest BCUT2D eigenvalue weighted by Crippen LogP contribution is 2.26. The van der Waals surface area contributed by atoms with Crippen molar-refractivity contribution in [2.45, 2.75) is 19.4 Å². The van der Waals surface area contributed by atoms with Crippen molar-refractivity contribution in [3.63, 3.8) is 0 Å². The second kappa shape index (κ2) is 7.61. The highest BCUT2D eigenvalue weighted by atomic mass is 16.3. The molecule has 2 aromatic carbocycles. The average Bonchev–Trinajstić information content (AvgIpc) is 2.59. The third-order valence-corrected chi connectivity index (χ3v) is 3.70. The topological polar surface area (TPSA) is 52.6 Å². The molecular weight excluding hydrogens is 276 g/mol. The molecule has 0 fully saturated rings. The van der Waals surface area contributed by atoms with Gasteiger partial charge in [-0.3, -0.25) is 4.79 Å². The minimum absolute atomic E-state index is 0.0566. The van der Waals surface area contributed by atoms with Gasteiger partial charge in [0.25, 0.3) is 5.91 Å². The summed E-state index contributed by atoms with van der Waals surface area (Å²) in [7, 11) is 1.94. The van der Waals surface area contributed by atoms with Gasteiger partial charge in [0.05, 0.1) is 23.9 Å². The van der Waals surface area contributed by atoms with Gasteiger partial charge in [-0.15, -0.1) is 0 Å². The summed E-state index contributed by atoms with van der Waals surface area (Å²) in [5.41, 5.74) is 2.44. The zero-order valence-corrected chi connectivity index (χ0v) is 13.0. The first kappa shape index (κ1) is 16.0. The van der Waals surface area contributed by atoms with E-state index in [1.807, 2.05) is 67.4 Å². The lowest BCUT2D eigenvalue weighted by Crippen LogP contribution is -2.37. The standard InChI is InChI=1S/C18H22N2O2/c1-3-14(13-21)19-18(22)16-11-7-8-12-17(16)20(2)15-9-5-4-6-10-15/h4-12,14,21H,3,13H2,1-2H3,(H,19,22). The summed E-state index contributed by atoms with van der Waals surface area (Å²) in [5.74, 6) is -0.167. The highest BCUT2D eigenvalue weighted by Gasteiger charge is 2.17. The number of rotatable bonds is 6. The lowest BCUT2D eigenvalue weighted by atomic mass is 10.1. The van der Waals surface area contributed by atoms with Crippen molar-refractivity contribution in [2.24, 2.45) is 0 Å². The van der Waals surface area contributed by atoms with Gasteiger partial charge < -0.3 is 15.3 Å². The predicted molar refractivity (Wildman–Crippen MR) is 89.6 cm³/mol. The number of nitrogens with zero attached hydrogens (tertiary/aromatic N) is 1. The number of aliphatic hydroxyl groups is 1. The normalized spacial score (nSPS) is 11.8. The molecule has 0 bridgehead atoms. The zero-order chi connectivity index (χ0) is 15.9. The van der Waals surface area contributed by atoms with Crippen molar-refractivity contribution in [1.82, 2.24) is 5.32 Å². The summed E-state index contributed by atoms with van der Waals surface area (Å²) in [4.78, 5) is 14.5. The molecule has 0 saturated heterocycles. The Kier molecular flexibility index (Phi) is 5.55. The molecule has 0 aliphatic carbocycles. The smallest absolute Gasteiger partial charge is 0.253 e. The molecule has 2 N–H and O–H groups in total. The summed E-state index contributed by atoms with van der Waals surface area (Å²) >= 11 is 0. The molecule has 116 valence electrons. The van der Waals surface area contributed by atoms with Gasteiger partial charge in [0, 0.05) is 12.7 Å². The van der Waals surface area contributed by atoms with E-state index in [1.54, 1.807) is 6.07 Å². The fourth-order valence-electron chi connectivity index (χ4n) is 2.29. The van der Waals surface area contributed by atoms with Crippen molar-refractivity contribution in [1.29, 1.82) is 0 Å². The Morgan fingerprint density at radius 1 is 1.14 bits per heavy atom. The summed E-state index contributed by atoms with van der Waals surface area (Å²) in [6, 6.07) is 17.1. The molecule has 0 spiro atoms. The first-order valence-corrected chi connectivity index (χ1v) is 7.47. The number of hydrogen-bond donors (Lipinski definition) is 2. The van der Waals surface area contributed by atoms with Crippen LogP contribution in [0.4, 0.5) is 11.4 Å². The van der Waals surface area contributed by atoms with Crippen LogP contribution in [0.5, 0.6) is 0 Å². The number of anilines is 2. The first-order valence-electron chi connectivity index (χ1n) is 7.47. The largest absolute Gasteiger partial charge is 0.394 e. The summed E-state index contributed by atoms with van der Waals surface area (Å²) in [6.07, 6.45) is 0.693. The van der Waals surface area contributed by atoms with Gasteiger partial charge in [-0.05, 0) is 30.7 Å². The number of nitrogens with one attached hydrogen (secondary N) is 1. The summed E-state index contributed by atoms with van der Waals surface area (Å²) < 4.78 is 0. The Morgan fingerprint density at radius 3 is 2.41 bits per heavy atom. The Labute approximate surface area is 131 Å². The van der Waals surface area contributed by atoms with Gasteiger partial charge >= 0.3 is 0 Å². The Balaban J connectivity index is 2.29. The molecule has 1 atom stereocenters. The minimum Gasteiger partial charge on any atom is -0.394 e. The number of aliphatic hydroxyl groups excluding tert-OH is 1. The molecule has 0 aliphatic rings. The number of para-hydroxylation sites is 2. The van der Waals surface area contributed by atoms with Crippen molar-refractivity contribution < 1.29 is 9.90 Å². The molecule has 0 saturated carbocycles. The van der Waals surface area contributed by atoms with E-state index in [9.17, 15) is 9.90 Å². The van der Waals surface area contributed by atoms with E-state index in [1.165, 1.54) is 0 Å². The average molecular weight is 298 g/mol. The third-order valence-electron chi connectivity index (χ3n) is 3.70. The number of benzene rings is 2. The van der Waals surface area contributed by atoms with Gasteiger partial charge in [0.15, 0.2) is 0 Å². The van der Waals surface area contributed by atoms with Crippen LogP contribution in [0.1, 0.15) is 23.7 Å². The van der Waals surface area contributed by atoms with Gasteiger partial charge in [-0.25, -0.2) is 0 Å². The van der Waals surface area contributed by atoms with E-state index < -0.39 is 0 Å². The number of amides is 1. The van der Waals surface area contributed by atoms with Crippen molar-refractivity contribution in [3.05, 3.63) is 60.2 Å². The minimum atomic E-state index is -0.220. The van der Waals surface area contributed by atoms with Gasteiger partial charge in [-0.1, -0.05) is 37.3 Å². The van der Waals surface area contributed by atoms with Gasteiger partial charge in [0.1, 0.15) is 0 Å². The van der Waals surface area contributed by atoms with Crippen LogP contribution >= 0.6 is 0 Å². The summed E-state index contributed by atoms with van der Waals surface area (Å²) in [5, 5.41) is 12.1. The van der Waals surface area contributed by atoms with Gasteiger partial charge in [-0.2, -0.15) is 0 Å². The van der Waals surface area contributed by atoms with E-state index in [0.29, 0.717) is 12.0 Å². The van der Waals surface area contributed by atoms with Crippen LogP contribution in [0.3, 0.4) is 0 Å². The molecule has 0 radical (unpaired) electrons. The fourth-order valence-corrected chi connectivity index (χ4v) is 2.29. The highest BCUT2D eigenvalue weighted by molar-refractivity contribution is 6.00. The molecule has 0 aliphatic heterocycles. The van der Waals surface area contributed by atoms with E-state index in [4.69, 9.17) is 0 Å². The maximum absolute atomic E-state index is 12.5. The molecule has 4 nitrogen and oxygen atoms in total. The SMILES string of the molecule is CCC(CO)NC(=O)c1ccccc1N(C)c1ccccc1. The third kappa shape index (κ3) is 3.65. The molecule has 1 unspecified atom stereocenters. The second-order valence-corrected chi connectivity index (χ2v) is 5.17. The second-order valence-electron chi connectivity index (χ2n) is 5.17. The van der Waals surface area contributed by atoms with Crippen molar-refractivity contribution in [2.75, 3.05) is 18.6 Å². The predicted octanol–water partition coefficient (Wildman–Crippen LogP) is 2.96. The van der Waals surface area contributed by atoms with Crippen LogP contribution in [0, 0.1) is 0 Å². The Hall–Kier alpha value is -2.33. The number of carbonyl (C=O) groups excluding carboxylic acids is 1. The molecule has 2 aromatic rings. The number of carbonyl (C=O) groups is 1. The number of hydrogen-bond acceptors (Lipinski definition) is 3. The van der Waals surface area contributed by atoms with Crippen LogP contribution in [-0.2, 0) is 0 Å². The lowest BCUT2D eigenvalue weighted by molar-refractivity contribution is 0.0915. The van der Waals surface area contributed by atoms with Crippen LogP contribution in [0.25, 0.3) is 0 Å². The Bertz CT molecular complexity index is 609. The first-order chi connectivity index (χ1) is 10.7. The van der Waals surface area contributed by atoms with E-state index in [2.05, 4.69) is 5.32 Å². The van der Waals surface area contributed by atoms with Crippen LogP contribution in [-0.4, -0.2) is 30.7 Å². The van der Waals surface area contributed by atoms with Crippen molar-refractivity contribution >= 4 is 17.3 Å². The molecule has 1 amide bonds.